The number of unbranched alkanes of at least 4 members (excludes halogenated alkanes) is 1. The van der Waals surface area contributed by atoms with Crippen molar-refractivity contribution in [3.05, 3.63) is 65.5 Å². The van der Waals surface area contributed by atoms with E-state index in [1.165, 1.54) is 17.0 Å². The van der Waals surface area contributed by atoms with Crippen molar-refractivity contribution >= 4 is 11.9 Å². The van der Waals surface area contributed by atoms with Gasteiger partial charge < -0.3 is 10.1 Å². The fourth-order valence-corrected chi connectivity index (χ4v) is 3.48. The smallest absolute Gasteiger partial charge is 0.325 e. The highest BCUT2D eigenvalue weighted by Crippen LogP contribution is 2.34. The number of amides is 3. The summed E-state index contributed by atoms with van der Waals surface area (Å²) in [4.78, 5) is 27.0. The van der Waals surface area contributed by atoms with E-state index in [0.717, 1.165) is 24.2 Å². The van der Waals surface area contributed by atoms with Crippen LogP contribution in [-0.4, -0.2) is 30.0 Å². The van der Waals surface area contributed by atoms with Gasteiger partial charge in [-0.15, -0.1) is 0 Å². The standard InChI is InChI=1S/C22H25FN2O3/c1-3-4-13-22(17-9-11-18(23)12-10-17)20(26)25(21(27)24-22)14-15-28-19-8-6-5-7-16(19)2/h5-12H,3-4,13-15H2,1-2H3,(H,24,27). The first-order valence-corrected chi connectivity index (χ1v) is 9.56. The van der Waals surface area contributed by atoms with Gasteiger partial charge in [0.2, 0.25) is 0 Å². The Morgan fingerprint density at radius 1 is 1.11 bits per heavy atom. The van der Waals surface area contributed by atoms with Crippen molar-refractivity contribution in [2.75, 3.05) is 13.2 Å². The molecule has 1 saturated heterocycles. The van der Waals surface area contributed by atoms with E-state index in [2.05, 4.69) is 5.32 Å². The van der Waals surface area contributed by atoms with Crippen LogP contribution in [0.5, 0.6) is 5.75 Å². The molecule has 0 saturated carbocycles. The summed E-state index contributed by atoms with van der Waals surface area (Å²) in [5.74, 6) is 0.0333. The van der Waals surface area contributed by atoms with Crippen LogP contribution in [0, 0.1) is 12.7 Å². The lowest BCUT2D eigenvalue weighted by Crippen LogP contribution is -2.44. The van der Waals surface area contributed by atoms with Gasteiger partial charge in [0.25, 0.3) is 5.91 Å². The van der Waals surface area contributed by atoms with Crippen molar-refractivity contribution < 1.29 is 18.7 Å². The van der Waals surface area contributed by atoms with E-state index < -0.39 is 11.6 Å². The van der Waals surface area contributed by atoms with Gasteiger partial charge in [0.1, 0.15) is 23.7 Å². The van der Waals surface area contributed by atoms with Gasteiger partial charge in [-0.05, 0) is 42.7 Å². The predicted octanol–water partition coefficient (Wildman–Crippen LogP) is 4.15. The number of imide groups is 1. The second kappa shape index (κ2) is 8.42. The Labute approximate surface area is 164 Å². The molecule has 1 unspecified atom stereocenters. The fraction of sp³-hybridized carbons (Fsp3) is 0.364. The van der Waals surface area contributed by atoms with Crippen molar-refractivity contribution in [3.63, 3.8) is 0 Å². The van der Waals surface area contributed by atoms with Gasteiger partial charge in [0.05, 0.1) is 6.54 Å². The molecule has 0 aromatic heterocycles. The molecule has 6 heteroatoms. The minimum absolute atomic E-state index is 0.147. The molecule has 2 aromatic carbocycles. The second-order valence-electron chi connectivity index (χ2n) is 7.02. The fourth-order valence-electron chi connectivity index (χ4n) is 3.48. The molecule has 1 atom stereocenters. The van der Waals surface area contributed by atoms with E-state index >= 15 is 0 Å². The Morgan fingerprint density at radius 2 is 1.82 bits per heavy atom. The minimum atomic E-state index is -1.15. The lowest BCUT2D eigenvalue weighted by Gasteiger charge is -2.27. The maximum absolute atomic E-state index is 13.4. The summed E-state index contributed by atoms with van der Waals surface area (Å²) in [5, 5.41) is 2.86. The first kappa shape index (κ1) is 19.9. The molecule has 28 heavy (non-hydrogen) atoms. The molecule has 1 fully saturated rings. The topological polar surface area (TPSA) is 58.6 Å². The average Bonchev–Trinajstić information content (AvgIpc) is 2.93. The van der Waals surface area contributed by atoms with Gasteiger partial charge in [-0.2, -0.15) is 0 Å². The quantitative estimate of drug-likeness (QED) is 0.696. The molecule has 1 heterocycles. The number of hydrogen-bond acceptors (Lipinski definition) is 3. The van der Waals surface area contributed by atoms with E-state index in [4.69, 9.17) is 4.74 Å². The average molecular weight is 384 g/mol. The molecule has 1 N–H and O–H groups in total. The maximum atomic E-state index is 13.4. The van der Waals surface area contributed by atoms with Crippen LogP contribution in [0.25, 0.3) is 0 Å². The van der Waals surface area contributed by atoms with Crippen molar-refractivity contribution in [3.8, 4) is 5.75 Å². The SMILES string of the molecule is CCCCC1(c2ccc(F)cc2)NC(=O)N(CCOc2ccccc2C)C1=O. The Hall–Kier alpha value is -2.89. The third kappa shape index (κ3) is 3.86. The van der Waals surface area contributed by atoms with Crippen molar-refractivity contribution in [1.29, 1.82) is 0 Å². The predicted molar refractivity (Wildman–Crippen MR) is 105 cm³/mol. The van der Waals surface area contributed by atoms with Crippen LogP contribution >= 0.6 is 0 Å². The molecule has 2 aromatic rings. The minimum Gasteiger partial charge on any atom is -0.491 e. The summed E-state index contributed by atoms with van der Waals surface area (Å²) in [6.07, 6.45) is 2.11. The molecule has 3 rings (SSSR count). The summed E-state index contributed by atoms with van der Waals surface area (Å²) in [6.45, 7) is 4.31. The van der Waals surface area contributed by atoms with E-state index in [1.54, 1.807) is 12.1 Å². The molecule has 0 bridgehead atoms. The molecule has 148 valence electrons. The van der Waals surface area contributed by atoms with E-state index in [9.17, 15) is 14.0 Å². The summed E-state index contributed by atoms with van der Waals surface area (Å²) in [5.41, 5.74) is 0.440. The lowest BCUT2D eigenvalue weighted by molar-refractivity contribution is -0.132. The number of urea groups is 1. The number of rotatable bonds is 8. The number of halogens is 1. The van der Waals surface area contributed by atoms with Crippen LogP contribution in [0.3, 0.4) is 0 Å². The van der Waals surface area contributed by atoms with Gasteiger partial charge in [0, 0.05) is 0 Å². The Morgan fingerprint density at radius 3 is 2.50 bits per heavy atom. The number of carbonyl (C=O) groups is 2. The van der Waals surface area contributed by atoms with E-state index in [1.807, 2.05) is 38.1 Å². The van der Waals surface area contributed by atoms with Gasteiger partial charge >= 0.3 is 6.03 Å². The van der Waals surface area contributed by atoms with E-state index in [-0.39, 0.29) is 24.9 Å². The summed E-state index contributed by atoms with van der Waals surface area (Å²) < 4.78 is 19.1. The molecule has 1 aliphatic rings. The number of aryl methyl sites for hydroxylation is 1. The zero-order valence-electron chi connectivity index (χ0n) is 16.2. The molecule has 3 amide bonds. The van der Waals surface area contributed by atoms with Gasteiger partial charge in [0.15, 0.2) is 0 Å². The van der Waals surface area contributed by atoms with Crippen molar-refractivity contribution in [2.45, 2.75) is 38.6 Å². The van der Waals surface area contributed by atoms with Gasteiger partial charge in [-0.1, -0.05) is 50.1 Å². The maximum Gasteiger partial charge on any atom is 0.325 e. The van der Waals surface area contributed by atoms with Crippen LogP contribution < -0.4 is 10.1 Å². The van der Waals surface area contributed by atoms with Crippen LogP contribution in [0.2, 0.25) is 0 Å². The number of nitrogens with one attached hydrogen (secondary N) is 1. The lowest BCUT2D eigenvalue weighted by atomic mass is 9.85. The number of hydrogen-bond donors (Lipinski definition) is 1. The molecule has 1 aliphatic heterocycles. The monoisotopic (exact) mass is 384 g/mol. The van der Waals surface area contributed by atoms with Crippen LogP contribution in [0.1, 0.15) is 37.3 Å². The largest absolute Gasteiger partial charge is 0.491 e. The Bertz CT molecular complexity index is 853. The van der Waals surface area contributed by atoms with Crippen LogP contribution in [-0.2, 0) is 10.3 Å². The Kier molecular flexibility index (Phi) is 5.97. The molecule has 0 radical (unpaired) electrons. The Balaban J connectivity index is 1.77. The second-order valence-corrected chi connectivity index (χ2v) is 7.02. The molecule has 0 spiro atoms. The highest BCUT2D eigenvalue weighted by Gasteiger charge is 2.51. The number of nitrogens with zero attached hydrogens (tertiary/aromatic N) is 1. The van der Waals surface area contributed by atoms with Crippen molar-refractivity contribution in [2.24, 2.45) is 0 Å². The third-order valence-corrected chi connectivity index (χ3v) is 5.08. The number of para-hydroxylation sites is 1. The van der Waals surface area contributed by atoms with Gasteiger partial charge in [-0.3, -0.25) is 9.69 Å². The van der Waals surface area contributed by atoms with Crippen molar-refractivity contribution in [1.82, 2.24) is 10.2 Å². The molecule has 5 nitrogen and oxygen atoms in total. The molecular weight excluding hydrogens is 359 g/mol. The molecular formula is C22H25FN2O3. The number of carbonyl (C=O) groups excluding carboxylic acids is 2. The highest BCUT2D eigenvalue weighted by atomic mass is 19.1. The van der Waals surface area contributed by atoms with E-state index in [0.29, 0.717) is 12.0 Å². The summed E-state index contributed by atoms with van der Waals surface area (Å²) >= 11 is 0. The van der Waals surface area contributed by atoms with Crippen LogP contribution in [0.15, 0.2) is 48.5 Å². The van der Waals surface area contributed by atoms with Gasteiger partial charge in [-0.25, -0.2) is 9.18 Å². The number of benzene rings is 2. The summed E-state index contributed by atoms with van der Waals surface area (Å²) in [6, 6.07) is 12.9. The normalized spacial score (nSPS) is 19.0. The summed E-state index contributed by atoms with van der Waals surface area (Å²) in [7, 11) is 0. The van der Waals surface area contributed by atoms with Crippen LogP contribution in [0.4, 0.5) is 9.18 Å². The molecule has 0 aliphatic carbocycles. The zero-order valence-corrected chi connectivity index (χ0v) is 16.2. The first-order chi connectivity index (χ1) is 13.5. The first-order valence-electron chi connectivity index (χ1n) is 9.56. The zero-order chi connectivity index (χ0) is 20.1. The number of ether oxygens (including phenoxy) is 1. The third-order valence-electron chi connectivity index (χ3n) is 5.08. The highest BCUT2D eigenvalue weighted by molar-refractivity contribution is 6.07.